The number of aryl methyl sites for hydroxylation is 2. The summed E-state index contributed by atoms with van der Waals surface area (Å²) < 4.78 is 31.7. The zero-order valence-corrected chi connectivity index (χ0v) is 17.6. The predicted octanol–water partition coefficient (Wildman–Crippen LogP) is 3.10. The fourth-order valence-corrected chi connectivity index (χ4v) is 5.39. The molecule has 0 aromatic heterocycles. The number of ether oxygens (including phenoxy) is 1. The van der Waals surface area contributed by atoms with Crippen molar-refractivity contribution in [1.29, 1.82) is 0 Å². The predicted molar refractivity (Wildman–Crippen MR) is 113 cm³/mol. The number of esters is 1. The van der Waals surface area contributed by atoms with Crippen molar-refractivity contribution in [2.75, 3.05) is 12.4 Å². The summed E-state index contributed by atoms with van der Waals surface area (Å²) in [5, 5.41) is 2.83. The monoisotopic (exact) mass is 428 g/mol. The number of anilines is 1. The Morgan fingerprint density at radius 2 is 1.57 bits per heavy atom. The Hall–Kier alpha value is -2.87. The first kappa shape index (κ1) is 20.4. The van der Waals surface area contributed by atoms with Gasteiger partial charge in [0.15, 0.2) is 0 Å². The minimum atomic E-state index is -3.90. The van der Waals surface area contributed by atoms with E-state index in [4.69, 9.17) is 0 Å². The quantitative estimate of drug-likeness (QED) is 0.713. The molecule has 0 aliphatic heterocycles. The van der Waals surface area contributed by atoms with E-state index in [1.807, 2.05) is 0 Å². The number of sulfonamides is 1. The highest BCUT2D eigenvalue weighted by atomic mass is 32.2. The molecule has 2 aliphatic carbocycles. The fourth-order valence-electron chi connectivity index (χ4n) is 4.36. The number of hydrogen-bond donors (Lipinski definition) is 2. The molecule has 30 heavy (non-hydrogen) atoms. The highest BCUT2D eigenvalue weighted by molar-refractivity contribution is 7.89. The number of benzene rings is 2. The number of carbonyl (C=O) groups excluding carboxylic acids is 2. The van der Waals surface area contributed by atoms with Crippen molar-refractivity contribution in [2.24, 2.45) is 0 Å². The normalized spacial score (nSPS) is 14.7. The van der Waals surface area contributed by atoms with E-state index in [-0.39, 0.29) is 5.75 Å². The second-order valence-corrected chi connectivity index (χ2v) is 9.46. The maximum Gasteiger partial charge on any atom is 0.337 e. The van der Waals surface area contributed by atoms with Gasteiger partial charge >= 0.3 is 12.0 Å². The molecule has 0 saturated carbocycles. The Bertz CT molecular complexity index is 1080. The van der Waals surface area contributed by atoms with Crippen LogP contribution in [-0.2, 0) is 46.2 Å². The van der Waals surface area contributed by atoms with Crippen molar-refractivity contribution in [2.45, 2.75) is 44.3 Å². The summed E-state index contributed by atoms with van der Waals surface area (Å²) >= 11 is 0. The van der Waals surface area contributed by atoms with Crippen LogP contribution in [0.4, 0.5) is 10.5 Å². The van der Waals surface area contributed by atoms with Crippen molar-refractivity contribution in [3.63, 3.8) is 0 Å². The molecule has 7 nitrogen and oxygen atoms in total. The van der Waals surface area contributed by atoms with Gasteiger partial charge < -0.3 is 10.1 Å². The summed E-state index contributed by atoms with van der Waals surface area (Å²) in [4.78, 5) is 24.0. The Morgan fingerprint density at radius 3 is 2.13 bits per heavy atom. The van der Waals surface area contributed by atoms with Crippen molar-refractivity contribution < 1.29 is 22.7 Å². The van der Waals surface area contributed by atoms with Crippen LogP contribution in [0.15, 0.2) is 30.3 Å². The first-order valence-electron chi connectivity index (χ1n) is 10.0. The lowest BCUT2D eigenvalue weighted by molar-refractivity contribution is 0.0600. The second-order valence-electron chi connectivity index (χ2n) is 7.74. The summed E-state index contributed by atoms with van der Waals surface area (Å²) in [5.74, 6) is -0.864. The van der Waals surface area contributed by atoms with Crippen molar-refractivity contribution in [3.05, 3.63) is 63.7 Å². The van der Waals surface area contributed by atoms with Crippen LogP contribution < -0.4 is 10.0 Å². The Kier molecular flexibility index (Phi) is 5.51. The van der Waals surface area contributed by atoms with Gasteiger partial charge in [0.25, 0.3) is 0 Å². The van der Waals surface area contributed by atoms with Crippen LogP contribution in [0.2, 0.25) is 0 Å². The zero-order chi connectivity index (χ0) is 21.3. The Labute approximate surface area is 175 Å². The molecule has 4 rings (SSSR count). The van der Waals surface area contributed by atoms with Gasteiger partial charge in [0.1, 0.15) is 0 Å². The summed E-state index contributed by atoms with van der Waals surface area (Å²) in [5.41, 5.74) is 6.40. The lowest BCUT2D eigenvalue weighted by Crippen LogP contribution is -2.35. The molecule has 2 aromatic carbocycles. The van der Waals surface area contributed by atoms with E-state index in [2.05, 4.69) is 20.8 Å². The van der Waals surface area contributed by atoms with Gasteiger partial charge in [-0.1, -0.05) is 18.2 Å². The SMILES string of the molecule is COC(=O)c1ccc(CS(=O)(=O)NC(=O)Nc2c3c(cc4c2CCC4)CCC3)cc1. The highest BCUT2D eigenvalue weighted by Crippen LogP contribution is 2.38. The summed E-state index contributed by atoms with van der Waals surface area (Å²) in [6.45, 7) is 0. The van der Waals surface area contributed by atoms with Gasteiger partial charge in [-0.15, -0.1) is 0 Å². The number of nitrogens with one attached hydrogen (secondary N) is 2. The summed E-state index contributed by atoms with van der Waals surface area (Å²) in [6.07, 6.45) is 5.90. The van der Waals surface area contributed by atoms with Crippen LogP contribution in [0.1, 0.15) is 51.0 Å². The molecular formula is C22H24N2O5S. The van der Waals surface area contributed by atoms with E-state index < -0.39 is 22.0 Å². The Morgan fingerprint density at radius 1 is 0.967 bits per heavy atom. The van der Waals surface area contributed by atoms with Gasteiger partial charge in [0.05, 0.1) is 18.4 Å². The molecule has 0 radical (unpaired) electrons. The molecule has 0 heterocycles. The second kappa shape index (κ2) is 8.10. The van der Waals surface area contributed by atoms with Crippen LogP contribution in [0, 0.1) is 0 Å². The average Bonchev–Trinajstić information content (AvgIpc) is 3.36. The van der Waals surface area contributed by atoms with Gasteiger partial charge in [-0.2, -0.15) is 0 Å². The first-order chi connectivity index (χ1) is 14.4. The lowest BCUT2D eigenvalue weighted by Gasteiger charge is -2.16. The van der Waals surface area contributed by atoms with E-state index >= 15 is 0 Å². The maximum atomic E-state index is 12.5. The number of hydrogen-bond acceptors (Lipinski definition) is 5. The molecule has 0 spiro atoms. The molecule has 8 heteroatoms. The molecule has 0 unspecified atom stereocenters. The number of fused-ring (bicyclic) bond motifs is 2. The van der Waals surface area contributed by atoms with E-state index in [9.17, 15) is 18.0 Å². The van der Waals surface area contributed by atoms with E-state index in [0.29, 0.717) is 11.1 Å². The molecule has 2 aromatic rings. The third-order valence-electron chi connectivity index (χ3n) is 5.69. The Balaban J connectivity index is 1.46. The van der Waals surface area contributed by atoms with Gasteiger partial charge in [0, 0.05) is 5.69 Å². The van der Waals surface area contributed by atoms with Gasteiger partial charge in [-0.25, -0.2) is 22.7 Å². The molecule has 2 N–H and O–H groups in total. The van der Waals surface area contributed by atoms with E-state index in [1.165, 1.54) is 42.5 Å². The number of amides is 2. The highest BCUT2D eigenvalue weighted by Gasteiger charge is 2.26. The fraction of sp³-hybridized carbons (Fsp3) is 0.364. The molecule has 0 saturated heterocycles. The van der Waals surface area contributed by atoms with Crippen LogP contribution in [0.25, 0.3) is 0 Å². The van der Waals surface area contributed by atoms with Crippen LogP contribution in [0.3, 0.4) is 0 Å². The third kappa shape index (κ3) is 4.18. The lowest BCUT2D eigenvalue weighted by atomic mass is 9.99. The van der Waals surface area contributed by atoms with Crippen LogP contribution >= 0.6 is 0 Å². The molecule has 158 valence electrons. The molecule has 2 aliphatic rings. The maximum absolute atomic E-state index is 12.5. The first-order valence-corrected chi connectivity index (χ1v) is 11.7. The molecule has 0 bridgehead atoms. The molecule has 2 amide bonds. The van der Waals surface area contributed by atoms with E-state index in [1.54, 1.807) is 0 Å². The van der Waals surface area contributed by atoms with Gasteiger partial charge in [0.2, 0.25) is 10.0 Å². The minimum Gasteiger partial charge on any atom is -0.465 e. The molecule has 0 atom stereocenters. The number of rotatable bonds is 5. The van der Waals surface area contributed by atoms with Gasteiger partial charge in [-0.05, 0) is 78.5 Å². The number of methoxy groups -OCH3 is 1. The standard InChI is InChI=1S/C22H24N2O5S/c1-29-21(25)15-10-8-14(9-11-15)13-30(27,28)24-22(26)23-20-18-6-2-4-16(18)12-17-5-3-7-19(17)20/h8-12H,2-7,13H2,1H3,(H2,23,24,26). The smallest absolute Gasteiger partial charge is 0.337 e. The third-order valence-corrected chi connectivity index (χ3v) is 6.90. The topological polar surface area (TPSA) is 102 Å². The van der Waals surface area contributed by atoms with Crippen molar-refractivity contribution in [3.8, 4) is 0 Å². The molecule has 0 fully saturated rings. The number of carbonyl (C=O) groups is 2. The molecular weight excluding hydrogens is 404 g/mol. The largest absolute Gasteiger partial charge is 0.465 e. The van der Waals surface area contributed by atoms with Crippen LogP contribution in [0.5, 0.6) is 0 Å². The minimum absolute atomic E-state index is 0.330. The van der Waals surface area contributed by atoms with Crippen LogP contribution in [-0.4, -0.2) is 27.5 Å². The average molecular weight is 429 g/mol. The summed E-state index contributed by atoms with van der Waals surface area (Å²) in [7, 11) is -2.62. The van der Waals surface area contributed by atoms with Crippen molar-refractivity contribution >= 4 is 27.7 Å². The van der Waals surface area contributed by atoms with Gasteiger partial charge in [-0.3, -0.25) is 0 Å². The zero-order valence-electron chi connectivity index (χ0n) is 16.8. The van der Waals surface area contributed by atoms with Crippen molar-refractivity contribution in [1.82, 2.24) is 4.72 Å². The van der Waals surface area contributed by atoms with E-state index in [0.717, 1.165) is 55.3 Å². The number of urea groups is 1. The summed E-state index contributed by atoms with van der Waals surface area (Å²) in [6, 6.07) is 7.56.